The standard InChI is InChI=1S/C13H20Cl2N2O3S/c1-4-9(8-20-3)17-21(18,19)12-6-5-11(14)10(7-16-2)13(12)15/h5-6,9,16-17H,4,7-8H2,1-3H3. The molecule has 1 aromatic rings. The predicted molar refractivity (Wildman–Crippen MR) is 85.5 cm³/mol. The van der Waals surface area contributed by atoms with Crippen LogP contribution < -0.4 is 10.0 Å². The van der Waals surface area contributed by atoms with Crippen molar-refractivity contribution in [3.05, 3.63) is 27.7 Å². The van der Waals surface area contributed by atoms with Crippen LogP contribution in [-0.2, 0) is 21.3 Å². The summed E-state index contributed by atoms with van der Waals surface area (Å²) in [5.41, 5.74) is 0.559. The van der Waals surface area contributed by atoms with Crippen LogP contribution in [0.4, 0.5) is 0 Å². The van der Waals surface area contributed by atoms with Crippen molar-refractivity contribution in [3.63, 3.8) is 0 Å². The Bertz CT molecular complexity index is 579. The minimum Gasteiger partial charge on any atom is -0.383 e. The smallest absolute Gasteiger partial charge is 0.242 e. The molecule has 0 aliphatic carbocycles. The fourth-order valence-corrected chi connectivity index (χ4v) is 4.06. The summed E-state index contributed by atoms with van der Waals surface area (Å²) in [6.07, 6.45) is 0.613. The molecule has 1 aromatic carbocycles. The quantitative estimate of drug-likeness (QED) is 0.752. The van der Waals surface area contributed by atoms with Gasteiger partial charge in [-0.3, -0.25) is 0 Å². The molecule has 0 saturated heterocycles. The number of halogens is 2. The van der Waals surface area contributed by atoms with E-state index in [9.17, 15) is 8.42 Å². The van der Waals surface area contributed by atoms with E-state index in [4.69, 9.17) is 27.9 Å². The highest BCUT2D eigenvalue weighted by molar-refractivity contribution is 7.89. The van der Waals surface area contributed by atoms with Gasteiger partial charge in [0.05, 0.1) is 11.6 Å². The molecule has 2 N–H and O–H groups in total. The van der Waals surface area contributed by atoms with Gasteiger partial charge in [-0.1, -0.05) is 30.1 Å². The first-order chi connectivity index (χ1) is 9.87. The number of hydrogen-bond acceptors (Lipinski definition) is 4. The molecule has 0 amide bonds. The SMILES string of the molecule is CCC(COC)NS(=O)(=O)c1ccc(Cl)c(CNC)c1Cl. The molecule has 0 fully saturated rings. The third kappa shape index (κ3) is 4.81. The minimum absolute atomic E-state index is 0.0216. The van der Waals surface area contributed by atoms with Gasteiger partial charge in [0.2, 0.25) is 10.0 Å². The lowest BCUT2D eigenvalue weighted by molar-refractivity contribution is 0.173. The summed E-state index contributed by atoms with van der Waals surface area (Å²) in [6.45, 7) is 2.56. The second kappa shape index (κ2) is 8.31. The van der Waals surface area contributed by atoms with Crippen LogP contribution in [0.25, 0.3) is 0 Å². The highest BCUT2D eigenvalue weighted by atomic mass is 35.5. The molecule has 0 saturated carbocycles. The second-order valence-electron chi connectivity index (χ2n) is 4.55. The lowest BCUT2D eigenvalue weighted by atomic mass is 10.2. The lowest BCUT2D eigenvalue weighted by Gasteiger charge is -2.18. The summed E-state index contributed by atoms with van der Waals surface area (Å²) in [5.74, 6) is 0. The Kier molecular flexibility index (Phi) is 7.39. The Morgan fingerprint density at radius 3 is 2.52 bits per heavy atom. The van der Waals surface area contributed by atoms with Crippen molar-refractivity contribution >= 4 is 33.2 Å². The van der Waals surface area contributed by atoms with Crippen molar-refractivity contribution in [2.24, 2.45) is 0 Å². The number of benzene rings is 1. The van der Waals surface area contributed by atoms with E-state index in [1.807, 2.05) is 6.92 Å². The first kappa shape index (κ1) is 18.7. The zero-order valence-electron chi connectivity index (χ0n) is 12.2. The van der Waals surface area contributed by atoms with Crippen LogP contribution in [0.5, 0.6) is 0 Å². The van der Waals surface area contributed by atoms with Crippen LogP contribution in [-0.4, -0.2) is 35.2 Å². The molecule has 8 heteroatoms. The maximum Gasteiger partial charge on any atom is 0.242 e. The molecule has 5 nitrogen and oxygen atoms in total. The molecular weight excluding hydrogens is 335 g/mol. The third-order valence-electron chi connectivity index (χ3n) is 2.98. The lowest BCUT2D eigenvalue weighted by Crippen LogP contribution is -2.37. The largest absolute Gasteiger partial charge is 0.383 e. The van der Waals surface area contributed by atoms with Crippen molar-refractivity contribution < 1.29 is 13.2 Å². The number of ether oxygens (including phenoxy) is 1. The highest BCUT2D eigenvalue weighted by Crippen LogP contribution is 2.31. The molecule has 0 aliphatic heterocycles. The van der Waals surface area contributed by atoms with Gasteiger partial charge in [0.25, 0.3) is 0 Å². The van der Waals surface area contributed by atoms with Gasteiger partial charge in [-0.05, 0) is 25.6 Å². The van der Waals surface area contributed by atoms with Crippen LogP contribution in [0.1, 0.15) is 18.9 Å². The van der Waals surface area contributed by atoms with Crippen molar-refractivity contribution in [1.29, 1.82) is 0 Å². The molecular formula is C13H20Cl2N2O3S. The van der Waals surface area contributed by atoms with E-state index in [0.29, 0.717) is 30.2 Å². The zero-order valence-corrected chi connectivity index (χ0v) is 14.6. The van der Waals surface area contributed by atoms with Crippen LogP contribution in [0.2, 0.25) is 10.0 Å². The minimum atomic E-state index is -3.73. The molecule has 1 atom stereocenters. The number of sulfonamides is 1. The summed E-state index contributed by atoms with van der Waals surface area (Å²) in [4.78, 5) is 0.0216. The Balaban J connectivity index is 3.17. The fourth-order valence-electron chi connectivity index (χ4n) is 1.84. The fraction of sp³-hybridized carbons (Fsp3) is 0.538. The van der Waals surface area contributed by atoms with E-state index in [1.165, 1.54) is 19.2 Å². The topological polar surface area (TPSA) is 67.4 Å². The molecule has 0 aliphatic rings. The molecule has 0 heterocycles. The number of hydrogen-bond donors (Lipinski definition) is 2. The number of rotatable bonds is 8. The molecule has 21 heavy (non-hydrogen) atoms. The summed E-state index contributed by atoms with van der Waals surface area (Å²) in [5, 5.41) is 3.48. The van der Waals surface area contributed by atoms with Crippen LogP contribution in [0, 0.1) is 0 Å². The molecule has 1 unspecified atom stereocenters. The molecule has 1 rings (SSSR count). The van der Waals surface area contributed by atoms with Gasteiger partial charge in [0.15, 0.2) is 0 Å². The molecule has 0 spiro atoms. The zero-order chi connectivity index (χ0) is 16.0. The van der Waals surface area contributed by atoms with Gasteiger partial charge < -0.3 is 10.1 Å². The van der Waals surface area contributed by atoms with Crippen molar-refractivity contribution in [2.75, 3.05) is 20.8 Å². The van der Waals surface area contributed by atoms with Gasteiger partial charge in [-0.15, -0.1) is 0 Å². The van der Waals surface area contributed by atoms with Gasteiger partial charge in [-0.25, -0.2) is 13.1 Å². The Morgan fingerprint density at radius 1 is 1.33 bits per heavy atom. The molecule has 0 radical (unpaired) electrons. The Morgan fingerprint density at radius 2 is 2.00 bits per heavy atom. The summed E-state index contributed by atoms with van der Waals surface area (Å²) in [7, 11) is -0.471. The predicted octanol–water partition coefficient (Wildman–Crippen LogP) is 2.42. The highest BCUT2D eigenvalue weighted by Gasteiger charge is 2.24. The van der Waals surface area contributed by atoms with Crippen molar-refractivity contribution in [2.45, 2.75) is 30.8 Å². The third-order valence-corrected chi connectivity index (χ3v) is 5.44. The van der Waals surface area contributed by atoms with E-state index >= 15 is 0 Å². The maximum absolute atomic E-state index is 12.5. The van der Waals surface area contributed by atoms with Crippen LogP contribution in [0.15, 0.2) is 17.0 Å². The van der Waals surface area contributed by atoms with E-state index in [-0.39, 0.29) is 16.0 Å². The molecule has 0 aromatic heterocycles. The van der Waals surface area contributed by atoms with E-state index in [2.05, 4.69) is 10.0 Å². The molecule has 120 valence electrons. The normalized spacial score (nSPS) is 13.4. The maximum atomic E-state index is 12.5. The Hall–Kier alpha value is -0.370. The van der Waals surface area contributed by atoms with E-state index < -0.39 is 10.0 Å². The van der Waals surface area contributed by atoms with Crippen molar-refractivity contribution in [1.82, 2.24) is 10.0 Å². The molecule has 0 bridgehead atoms. The summed E-state index contributed by atoms with van der Waals surface area (Å²) >= 11 is 12.3. The van der Waals surface area contributed by atoms with Gasteiger partial charge in [0, 0.05) is 30.3 Å². The number of methoxy groups -OCH3 is 1. The first-order valence-corrected chi connectivity index (χ1v) is 8.74. The monoisotopic (exact) mass is 354 g/mol. The Labute approximate surface area is 136 Å². The average molecular weight is 355 g/mol. The first-order valence-electron chi connectivity index (χ1n) is 6.50. The second-order valence-corrected chi connectivity index (χ2v) is 7.02. The van der Waals surface area contributed by atoms with E-state index in [1.54, 1.807) is 7.05 Å². The van der Waals surface area contributed by atoms with Crippen LogP contribution in [0.3, 0.4) is 0 Å². The van der Waals surface area contributed by atoms with Crippen molar-refractivity contribution in [3.8, 4) is 0 Å². The summed E-state index contributed by atoms with van der Waals surface area (Å²) in [6, 6.07) is 2.64. The summed E-state index contributed by atoms with van der Waals surface area (Å²) < 4.78 is 32.5. The van der Waals surface area contributed by atoms with Gasteiger partial charge in [0.1, 0.15) is 4.90 Å². The van der Waals surface area contributed by atoms with Gasteiger partial charge >= 0.3 is 0 Å². The van der Waals surface area contributed by atoms with Gasteiger partial charge in [-0.2, -0.15) is 0 Å². The van der Waals surface area contributed by atoms with E-state index in [0.717, 1.165) is 0 Å². The average Bonchev–Trinajstić information content (AvgIpc) is 2.42. The number of nitrogens with one attached hydrogen (secondary N) is 2. The van der Waals surface area contributed by atoms with Crippen LogP contribution >= 0.6 is 23.2 Å².